The van der Waals surface area contributed by atoms with Gasteiger partial charge in [0.25, 0.3) is 4.27 Å². The standard InChI is InChI=1S/C26H52O3S2/c1-3-5-7-9-11-13-15-17-19-21-23-30-26(29,25(27)28)31-24-22-20-18-16-14-12-10-8-6-4-2/h29H,3-24H2,1-2H3,(H,27,28). The van der Waals surface area contributed by atoms with Crippen molar-refractivity contribution in [3.63, 3.8) is 0 Å². The van der Waals surface area contributed by atoms with E-state index >= 15 is 0 Å². The highest BCUT2D eigenvalue weighted by Gasteiger charge is 2.36. The summed E-state index contributed by atoms with van der Waals surface area (Å²) < 4.78 is -1.67. The number of carbonyl (C=O) groups is 1. The SMILES string of the molecule is CCCCCCCCCCCCSC(O)(SCCCCCCCCCCCC)C(=O)O. The second-order valence-electron chi connectivity index (χ2n) is 8.95. The highest BCUT2D eigenvalue weighted by molar-refractivity contribution is 8.19. The van der Waals surface area contributed by atoms with Gasteiger partial charge >= 0.3 is 5.97 Å². The van der Waals surface area contributed by atoms with E-state index < -0.39 is 10.2 Å². The van der Waals surface area contributed by atoms with Crippen molar-refractivity contribution in [1.29, 1.82) is 0 Å². The molecule has 0 saturated heterocycles. The molecule has 0 aliphatic carbocycles. The second-order valence-corrected chi connectivity index (χ2v) is 11.8. The largest absolute Gasteiger partial charge is 0.478 e. The third-order valence-electron chi connectivity index (χ3n) is 5.86. The Labute approximate surface area is 202 Å². The van der Waals surface area contributed by atoms with Crippen molar-refractivity contribution >= 4 is 29.5 Å². The van der Waals surface area contributed by atoms with Crippen molar-refractivity contribution in [3.8, 4) is 0 Å². The molecule has 0 spiro atoms. The molecule has 0 amide bonds. The van der Waals surface area contributed by atoms with Gasteiger partial charge in [0.15, 0.2) is 0 Å². The third-order valence-corrected chi connectivity index (χ3v) is 8.69. The van der Waals surface area contributed by atoms with Gasteiger partial charge in [-0.15, -0.1) is 23.5 Å². The van der Waals surface area contributed by atoms with Gasteiger partial charge in [0.1, 0.15) is 0 Å². The Morgan fingerprint density at radius 3 is 1.06 bits per heavy atom. The minimum absolute atomic E-state index is 0.727. The van der Waals surface area contributed by atoms with Crippen LogP contribution in [0.15, 0.2) is 0 Å². The molecule has 2 N–H and O–H groups in total. The van der Waals surface area contributed by atoms with Crippen molar-refractivity contribution < 1.29 is 15.0 Å². The van der Waals surface area contributed by atoms with E-state index in [4.69, 9.17) is 0 Å². The number of rotatable bonds is 25. The molecule has 0 rings (SSSR count). The molecule has 0 aliphatic rings. The Morgan fingerprint density at radius 2 is 0.806 bits per heavy atom. The van der Waals surface area contributed by atoms with Gasteiger partial charge in [0.2, 0.25) is 0 Å². The molecule has 0 atom stereocenters. The number of carboxylic acids is 1. The van der Waals surface area contributed by atoms with Crippen LogP contribution in [0.25, 0.3) is 0 Å². The van der Waals surface area contributed by atoms with E-state index in [-0.39, 0.29) is 0 Å². The number of hydrogen-bond acceptors (Lipinski definition) is 4. The zero-order valence-electron chi connectivity index (χ0n) is 20.7. The van der Waals surface area contributed by atoms with Gasteiger partial charge < -0.3 is 10.2 Å². The molecule has 0 aromatic rings. The molecule has 0 aromatic heterocycles. The fraction of sp³-hybridized carbons (Fsp3) is 0.962. The summed E-state index contributed by atoms with van der Waals surface area (Å²) in [6.07, 6.45) is 25.5. The van der Waals surface area contributed by atoms with Gasteiger partial charge in [-0.25, -0.2) is 4.79 Å². The van der Waals surface area contributed by atoms with Crippen LogP contribution < -0.4 is 0 Å². The fourth-order valence-corrected chi connectivity index (χ4v) is 6.10. The second kappa shape index (κ2) is 23.3. The van der Waals surface area contributed by atoms with Gasteiger partial charge in [-0.1, -0.05) is 129 Å². The van der Waals surface area contributed by atoms with Crippen LogP contribution >= 0.6 is 23.5 Å². The molecule has 0 bridgehead atoms. The number of carboxylic acid groups (broad SMARTS) is 1. The van der Waals surface area contributed by atoms with Crippen LogP contribution in [0.5, 0.6) is 0 Å². The quantitative estimate of drug-likeness (QED) is 0.102. The van der Waals surface area contributed by atoms with E-state index in [0.717, 1.165) is 37.2 Å². The third kappa shape index (κ3) is 20.5. The van der Waals surface area contributed by atoms with E-state index in [1.165, 1.54) is 126 Å². The maximum Gasteiger partial charge on any atom is 0.357 e. The monoisotopic (exact) mass is 476 g/mol. The molecule has 0 aliphatic heterocycles. The summed E-state index contributed by atoms with van der Waals surface area (Å²) in [4.78, 5) is 11.6. The van der Waals surface area contributed by atoms with Gasteiger partial charge in [0.05, 0.1) is 0 Å². The molecule has 0 saturated carbocycles. The summed E-state index contributed by atoms with van der Waals surface area (Å²) in [5.41, 5.74) is 0. The highest BCUT2D eigenvalue weighted by Crippen LogP contribution is 2.36. The van der Waals surface area contributed by atoms with Crippen LogP contribution in [0.4, 0.5) is 0 Å². The van der Waals surface area contributed by atoms with Crippen LogP contribution in [0, 0.1) is 0 Å². The van der Waals surface area contributed by atoms with Crippen molar-refractivity contribution in [2.45, 2.75) is 147 Å². The Morgan fingerprint density at radius 1 is 0.548 bits per heavy atom. The number of hydrogen-bond donors (Lipinski definition) is 2. The molecule has 3 nitrogen and oxygen atoms in total. The molecule has 0 radical (unpaired) electrons. The molecule has 31 heavy (non-hydrogen) atoms. The summed E-state index contributed by atoms with van der Waals surface area (Å²) in [6.45, 7) is 4.50. The van der Waals surface area contributed by atoms with Crippen LogP contribution in [-0.2, 0) is 4.79 Å². The van der Waals surface area contributed by atoms with Crippen LogP contribution in [-0.4, -0.2) is 32.0 Å². The predicted molar refractivity (Wildman–Crippen MR) is 141 cm³/mol. The molecule has 5 heteroatoms. The number of aliphatic carboxylic acids is 1. The molecule has 0 unspecified atom stereocenters. The highest BCUT2D eigenvalue weighted by atomic mass is 32.2. The van der Waals surface area contributed by atoms with Crippen molar-refractivity contribution in [2.75, 3.05) is 11.5 Å². The van der Waals surface area contributed by atoms with E-state index in [9.17, 15) is 15.0 Å². The maximum atomic E-state index is 11.6. The normalized spacial score (nSPS) is 11.8. The summed E-state index contributed by atoms with van der Waals surface area (Å²) in [7, 11) is 0. The number of unbranched alkanes of at least 4 members (excludes halogenated alkanes) is 18. The maximum absolute atomic E-state index is 11.6. The number of aliphatic hydroxyl groups is 1. The molecule has 186 valence electrons. The lowest BCUT2D eigenvalue weighted by Gasteiger charge is -2.22. The predicted octanol–water partition coefficient (Wildman–Crippen LogP) is 9.03. The summed E-state index contributed by atoms with van der Waals surface area (Å²) >= 11 is 2.42. The summed E-state index contributed by atoms with van der Waals surface area (Å²) in [5, 5.41) is 20.0. The zero-order chi connectivity index (χ0) is 23.0. The van der Waals surface area contributed by atoms with Crippen LogP contribution in [0.3, 0.4) is 0 Å². The van der Waals surface area contributed by atoms with E-state index in [2.05, 4.69) is 13.8 Å². The average molecular weight is 477 g/mol. The summed E-state index contributed by atoms with van der Waals surface area (Å²) in [6, 6.07) is 0. The first kappa shape index (κ1) is 31.1. The van der Waals surface area contributed by atoms with Crippen molar-refractivity contribution in [2.24, 2.45) is 0 Å². The van der Waals surface area contributed by atoms with Crippen LogP contribution in [0.2, 0.25) is 0 Å². The Bertz CT molecular complexity index is 365. The van der Waals surface area contributed by atoms with Crippen molar-refractivity contribution in [1.82, 2.24) is 0 Å². The average Bonchev–Trinajstić information content (AvgIpc) is 2.75. The van der Waals surface area contributed by atoms with Gasteiger partial charge in [-0.05, 0) is 24.3 Å². The molecular formula is C26H52O3S2. The molecular weight excluding hydrogens is 424 g/mol. The topological polar surface area (TPSA) is 57.5 Å². The zero-order valence-corrected chi connectivity index (χ0v) is 22.3. The van der Waals surface area contributed by atoms with E-state index in [1.54, 1.807) is 0 Å². The molecule has 0 fully saturated rings. The lowest BCUT2D eigenvalue weighted by molar-refractivity contribution is -0.143. The summed E-state index contributed by atoms with van der Waals surface area (Å²) in [5.74, 6) is 0.357. The van der Waals surface area contributed by atoms with Gasteiger partial charge in [-0.2, -0.15) is 0 Å². The molecule has 0 aromatic carbocycles. The first-order valence-corrected chi connectivity index (χ1v) is 15.3. The van der Waals surface area contributed by atoms with Crippen LogP contribution in [0.1, 0.15) is 142 Å². The van der Waals surface area contributed by atoms with Gasteiger partial charge in [-0.3, -0.25) is 0 Å². The Balaban J connectivity index is 3.62. The first-order chi connectivity index (χ1) is 15.1. The Kier molecular flexibility index (Phi) is 23.4. The first-order valence-electron chi connectivity index (χ1n) is 13.3. The van der Waals surface area contributed by atoms with E-state index in [0.29, 0.717) is 0 Å². The lowest BCUT2D eigenvalue weighted by atomic mass is 10.1. The minimum atomic E-state index is -1.67. The number of thioether (sulfide) groups is 2. The van der Waals surface area contributed by atoms with E-state index in [1.807, 2.05) is 0 Å². The lowest BCUT2D eigenvalue weighted by Crippen LogP contribution is -2.31. The molecule has 0 heterocycles. The van der Waals surface area contributed by atoms with Crippen molar-refractivity contribution in [3.05, 3.63) is 0 Å². The Hall–Kier alpha value is 0.130. The van der Waals surface area contributed by atoms with Gasteiger partial charge in [0, 0.05) is 0 Å². The minimum Gasteiger partial charge on any atom is -0.478 e. The smallest absolute Gasteiger partial charge is 0.357 e. The fourth-order valence-electron chi connectivity index (χ4n) is 3.77.